The van der Waals surface area contributed by atoms with Gasteiger partial charge < -0.3 is 19.3 Å². The van der Waals surface area contributed by atoms with Crippen molar-refractivity contribution in [3.63, 3.8) is 0 Å². The van der Waals surface area contributed by atoms with E-state index in [1.807, 2.05) is 4.90 Å². The van der Waals surface area contributed by atoms with Crippen molar-refractivity contribution in [2.24, 2.45) is 0 Å². The molecule has 1 unspecified atom stereocenters. The standard InChI is InChI=1S/C21H37N3O3/c1-22(18-6-3-2-4-7-18)11-5-12-24-17-21(27-20(24)25)9-13-23(14-10-21)19-8-15-26-16-19/h18-19H,2-17H2,1H3. The van der Waals surface area contributed by atoms with E-state index in [1.54, 1.807) is 0 Å². The van der Waals surface area contributed by atoms with Crippen molar-refractivity contribution >= 4 is 6.09 Å². The first-order valence-electron chi connectivity index (χ1n) is 11.2. The average molecular weight is 380 g/mol. The van der Waals surface area contributed by atoms with Crippen molar-refractivity contribution in [1.82, 2.24) is 14.7 Å². The smallest absolute Gasteiger partial charge is 0.410 e. The highest BCUT2D eigenvalue weighted by atomic mass is 16.6. The number of hydrogen-bond acceptors (Lipinski definition) is 5. The van der Waals surface area contributed by atoms with Crippen LogP contribution in [0.1, 0.15) is 57.8 Å². The molecular weight excluding hydrogens is 342 g/mol. The van der Waals surface area contributed by atoms with Gasteiger partial charge in [-0.15, -0.1) is 0 Å². The molecule has 1 saturated carbocycles. The fraction of sp³-hybridized carbons (Fsp3) is 0.952. The maximum absolute atomic E-state index is 12.4. The maximum Gasteiger partial charge on any atom is 0.410 e. The van der Waals surface area contributed by atoms with Gasteiger partial charge in [-0.1, -0.05) is 19.3 Å². The Hall–Kier alpha value is -0.850. The molecule has 1 aliphatic carbocycles. The van der Waals surface area contributed by atoms with Gasteiger partial charge in [0.05, 0.1) is 13.2 Å². The van der Waals surface area contributed by atoms with Crippen molar-refractivity contribution in [3.8, 4) is 0 Å². The lowest BCUT2D eigenvalue weighted by molar-refractivity contribution is -0.0111. The first-order valence-corrected chi connectivity index (χ1v) is 11.2. The fourth-order valence-electron chi connectivity index (χ4n) is 5.45. The third kappa shape index (κ3) is 4.60. The molecule has 1 atom stereocenters. The van der Waals surface area contributed by atoms with Gasteiger partial charge >= 0.3 is 6.09 Å². The van der Waals surface area contributed by atoms with Gasteiger partial charge in [0.1, 0.15) is 5.60 Å². The minimum atomic E-state index is -0.234. The molecule has 3 aliphatic heterocycles. The fourth-order valence-corrected chi connectivity index (χ4v) is 5.45. The Morgan fingerprint density at radius 3 is 2.63 bits per heavy atom. The summed E-state index contributed by atoms with van der Waals surface area (Å²) in [7, 11) is 2.25. The molecule has 0 N–H and O–H groups in total. The number of likely N-dealkylation sites (tertiary alicyclic amines) is 1. The van der Waals surface area contributed by atoms with Gasteiger partial charge in [-0.05, 0) is 39.3 Å². The molecule has 0 bridgehead atoms. The van der Waals surface area contributed by atoms with Crippen molar-refractivity contribution in [3.05, 3.63) is 0 Å². The van der Waals surface area contributed by atoms with Crippen LogP contribution in [0.4, 0.5) is 4.79 Å². The molecule has 0 aromatic heterocycles. The van der Waals surface area contributed by atoms with Crippen molar-refractivity contribution in [2.45, 2.75) is 75.5 Å². The van der Waals surface area contributed by atoms with Crippen molar-refractivity contribution in [2.75, 3.05) is 53.0 Å². The number of piperidine rings is 1. The van der Waals surface area contributed by atoms with Gasteiger partial charge in [0.2, 0.25) is 0 Å². The summed E-state index contributed by atoms with van der Waals surface area (Å²) in [6.45, 7) is 6.51. The number of rotatable bonds is 6. The Balaban J connectivity index is 1.20. The topological polar surface area (TPSA) is 45.2 Å². The Morgan fingerprint density at radius 1 is 1.15 bits per heavy atom. The summed E-state index contributed by atoms with van der Waals surface area (Å²) in [4.78, 5) is 19.4. The van der Waals surface area contributed by atoms with E-state index in [0.717, 1.165) is 77.7 Å². The summed E-state index contributed by atoms with van der Waals surface area (Å²) >= 11 is 0. The van der Waals surface area contributed by atoms with Crippen LogP contribution in [-0.4, -0.2) is 91.5 Å². The van der Waals surface area contributed by atoms with Gasteiger partial charge in [0.25, 0.3) is 0 Å². The van der Waals surface area contributed by atoms with Crippen LogP contribution >= 0.6 is 0 Å². The highest BCUT2D eigenvalue weighted by Gasteiger charge is 2.47. The van der Waals surface area contributed by atoms with E-state index < -0.39 is 0 Å². The molecule has 154 valence electrons. The molecular formula is C21H37N3O3. The van der Waals surface area contributed by atoms with E-state index >= 15 is 0 Å². The van der Waals surface area contributed by atoms with E-state index in [9.17, 15) is 4.79 Å². The number of nitrogens with zero attached hydrogens (tertiary/aromatic N) is 3. The molecule has 0 radical (unpaired) electrons. The van der Waals surface area contributed by atoms with Gasteiger partial charge in [-0.25, -0.2) is 4.79 Å². The molecule has 4 fully saturated rings. The molecule has 4 rings (SSSR count). The third-order valence-electron chi connectivity index (χ3n) is 7.31. The maximum atomic E-state index is 12.4. The number of carbonyl (C=O) groups excluding carboxylic acids is 1. The van der Waals surface area contributed by atoms with Crippen LogP contribution in [0.5, 0.6) is 0 Å². The van der Waals surface area contributed by atoms with E-state index in [1.165, 1.54) is 32.1 Å². The lowest BCUT2D eigenvalue weighted by Gasteiger charge is -2.39. The molecule has 3 saturated heterocycles. The minimum absolute atomic E-state index is 0.0898. The van der Waals surface area contributed by atoms with E-state index in [2.05, 4.69) is 16.8 Å². The zero-order chi connectivity index (χ0) is 18.7. The highest BCUT2D eigenvalue weighted by molar-refractivity contribution is 5.70. The van der Waals surface area contributed by atoms with Crippen molar-refractivity contribution < 1.29 is 14.3 Å². The lowest BCUT2D eigenvalue weighted by atomic mass is 9.90. The SMILES string of the molecule is CN(CCCN1CC2(CCN(C3CCOC3)CC2)OC1=O)C1CCCCC1. The monoisotopic (exact) mass is 379 g/mol. The third-order valence-corrected chi connectivity index (χ3v) is 7.31. The highest BCUT2D eigenvalue weighted by Crippen LogP contribution is 2.34. The van der Waals surface area contributed by atoms with Gasteiger partial charge in [0, 0.05) is 51.2 Å². The predicted molar refractivity (Wildman–Crippen MR) is 105 cm³/mol. The Morgan fingerprint density at radius 2 is 1.93 bits per heavy atom. The van der Waals surface area contributed by atoms with Crippen LogP contribution < -0.4 is 0 Å². The Kier molecular flexibility index (Phi) is 6.25. The van der Waals surface area contributed by atoms with Crippen molar-refractivity contribution in [1.29, 1.82) is 0 Å². The summed E-state index contributed by atoms with van der Waals surface area (Å²) < 4.78 is 11.4. The molecule has 6 heteroatoms. The molecule has 27 heavy (non-hydrogen) atoms. The van der Waals surface area contributed by atoms with E-state index in [4.69, 9.17) is 9.47 Å². The van der Waals surface area contributed by atoms with E-state index in [0.29, 0.717) is 6.04 Å². The Bertz CT molecular complexity index is 495. The first kappa shape index (κ1) is 19.5. The van der Waals surface area contributed by atoms with E-state index in [-0.39, 0.29) is 11.7 Å². The molecule has 0 aromatic carbocycles. The second kappa shape index (κ2) is 8.66. The summed E-state index contributed by atoms with van der Waals surface area (Å²) in [5, 5.41) is 0. The molecule has 1 amide bonds. The molecule has 3 heterocycles. The molecule has 4 aliphatic rings. The number of carbonyl (C=O) groups is 1. The predicted octanol–water partition coefficient (Wildman–Crippen LogP) is 2.72. The van der Waals surface area contributed by atoms with Crippen LogP contribution in [0.3, 0.4) is 0 Å². The summed E-state index contributed by atoms with van der Waals surface area (Å²) in [6.07, 6.45) is 10.9. The number of ether oxygens (including phenoxy) is 2. The van der Waals surface area contributed by atoms with Crippen LogP contribution in [-0.2, 0) is 9.47 Å². The normalized spacial score (nSPS) is 29.8. The second-order valence-electron chi connectivity index (χ2n) is 9.15. The minimum Gasteiger partial charge on any atom is -0.441 e. The Labute approximate surface area is 164 Å². The summed E-state index contributed by atoms with van der Waals surface area (Å²) in [5.74, 6) is 0. The summed E-state index contributed by atoms with van der Waals surface area (Å²) in [5.41, 5.74) is -0.234. The largest absolute Gasteiger partial charge is 0.441 e. The van der Waals surface area contributed by atoms with Gasteiger partial charge in [0.15, 0.2) is 0 Å². The van der Waals surface area contributed by atoms with Gasteiger partial charge in [-0.2, -0.15) is 0 Å². The average Bonchev–Trinajstić information content (AvgIpc) is 3.32. The van der Waals surface area contributed by atoms with Crippen LogP contribution in [0.25, 0.3) is 0 Å². The zero-order valence-corrected chi connectivity index (χ0v) is 17.0. The molecule has 1 spiro atoms. The summed E-state index contributed by atoms with van der Waals surface area (Å²) in [6, 6.07) is 1.32. The zero-order valence-electron chi connectivity index (χ0n) is 17.0. The van der Waals surface area contributed by atoms with Crippen LogP contribution in [0, 0.1) is 0 Å². The number of amides is 1. The van der Waals surface area contributed by atoms with Gasteiger partial charge in [-0.3, -0.25) is 4.90 Å². The number of hydrogen-bond donors (Lipinski definition) is 0. The van der Waals surface area contributed by atoms with Crippen LogP contribution in [0.2, 0.25) is 0 Å². The van der Waals surface area contributed by atoms with Crippen LogP contribution in [0.15, 0.2) is 0 Å². The first-order chi connectivity index (χ1) is 13.2. The second-order valence-corrected chi connectivity index (χ2v) is 9.15. The molecule has 0 aromatic rings. The quantitative estimate of drug-likeness (QED) is 0.710. The lowest BCUT2D eigenvalue weighted by Crippen LogP contribution is -2.50. The molecule has 6 nitrogen and oxygen atoms in total.